The third kappa shape index (κ3) is 4.49. The molecule has 0 aliphatic rings. The predicted octanol–water partition coefficient (Wildman–Crippen LogP) is 3.80. The first-order valence-corrected chi connectivity index (χ1v) is 7.43. The number of carbonyl (C=O) groups is 1. The Bertz CT molecular complexity index is 618. The van der Waals surface area contributed by atoms with Crippen molar-refractivity contribution in [3.63, 3.8) is 0 Å². The van der Waals surface area contributed by atoms with Gasteiger partial charge in [-0.25, -0.2) is 4.79 Å². The van der Waals surface area contributed by atoms with Gasteiger partial charge in [0.1, 0.15) is 12.4 Å². The zero-order valence-electron chi connectivity index (χ0n) is 12.9. The largest absolute Gasteiger partial charge is 0.445 e. The Morgan fingerprint density at radius 3 is 2.64 bits per heavy atom. The molecule has 0 fully saturated rings. The van der Waals surface area contributed by atoms with Crippen LogP contribution in [-0.2, 0) is 17.8 Å². The molecular formula is C16H19ClN2O3. The highest BCUT2D eigenvalue weighted by atomic mass is 35.5. The van der Waals surface area contributed by atoms with E-state index in [-0.39, 0.29) is 12.6 Å². The Labute approximate surface area is 134 Å². The summed E-state index contributed by atoms with van der Waals surface area (Å²) in [6.07, 6.45) is 0.200. The zero-order valence-corrected chi connectivity index (χ0v) is 13.6. The van der Waals surface area contributed by atoms with Crippen molar-refractivity contribution in [2.24, 2.45) is 0 Å². The van der Waals surface area contributed by atoms with E-state index in [1.54, 1.807) is 12.1 Å². The first kappa shape index (κ1) is 16.4. The van der Waals surface area contributed by atoms with Crippen molar-refractivity contribution >= 4 is 17.7 Å². The number of alkyl carbamates (subject to hydrolysis) is 1. The summed E-state index contributed by atoms with van der Waals surface area (Å²) in [5, 5.41) is 7.35. The van der Waals surface area contributed by atoms with E-state index in [1.165, 1.54) is 0 Å². The SMILES string of the molecule is Cc1noc(C)c1CC(C)NC(=O)OCc1ccc(Cl)cc1. The summed E-state index contributed by atoms with van der Waals surface area (Å²) in [6.45, 7) is 5.87. The number of nitrogens with zero attached hydrogens (tertiary/aromatic N) is 1. The van der Waals surface area contributed by atoms with Crippen LogP contribution in [0.4, 0.5) is 4.79 Å². The molecule has 0 aliphatic carbocycles. The smallest absolute Gasteiger partial charge is 0.407 e. The molecular weight excluding hydrogens is 304 g/mol. The van der Waals surface area contributed by atoms with Crippen molar-refractivity contribution in [2.45, 2.75) is 39.8 Å². The topological polar surface area (TPSA) is 64.4 Å². The molecule has 1 unspecified atom stereocenters. The van der Waals surface area contributed by atoms with Gasteiger partial charge in [0.25, 0.3) is 0 Å². The fourth-order valence-electron chi connectivity index (χ4n) is 2.12. The van der Waals surface area contributed by atoms with Crippen molar-refractivity contribution in [1.29, 1.82) is 0 Å². The molecule has 5 nitrogen and oxygen atoms in total. The van der Waals surface area contributed by atoms with Gasteiger partial charge in [0.15, 0.2) is 0 Å². The molecule has 1 heterocycles. The Balaban J connectivity index is 1.80. The van der Waals surface area contributed by atoms with E-state index >= 15 is 0 Å². The van der Waals surface area contributed by atoms with Crippen LogP contribution in [0.25, 0.3) is 0 Å². The molecule has 0 saturated heterocycles. The zero-order chi connectivity index (χ0) is 16.1. The van der Waals surface area contributed by atoms with E-state index in [1.807, 2.05) is 32.9 Å². The quantitative estimate of drug-likeness (QED) is 0.909. The predicted molar refractivity (Wildman–Crippen MR) is 83.9 cm³/mol. The highest BCUT2D eigenvalue weighted by Crippen LogP contribution is 2.14. The van der Waals surface area contributed by atoms with Gasteiger partial charge in [-0.05, 0) is 44.9 Å². The van der Waals surface area contributed by atoms with Crippen LogP contribution in [0.15, 0.2) is 28.8 Å². The second kappa shape index (κ2) is 7.31. The highest BCUT2D eigenvalue weighted by molar-refractivity contribution is 6.30. The second-order valence-corrected chi connectivity index (χ2v) is 5.69. The number of hydrogen-bond acceptors (Lipinski definition) is 4. The summed E-state index contributed by atoms with van der Waals surface area (Å²) in [5.74, 6) is 0.778. The van der Waals surface area contributed by atoms with Gasteiger partial charge in [-0.15, -0.1) is 0 Å². The number of aryl methyl sites for hydroxylation is 2. The van der Waals surface area contributed by atoms with Gasteiger partial charge in [-0.1, -0.05) is 28.9 Å². The number of rotatable bonds is 5. The van der Waals surface area contributed by atoms with E-state index in [0.29, 0.717) is 11.4 Å². The number of amides is 1. The molecule has 118 valence electrons. The minimum Gasteiger partial charge on any atom is -0.445 e. The van der Waals surface area contributed by atoms with Gasteiger partial charge in [0, 0.05) is 16.6 Å². The Morgan fingerprint density at radius 1 is 1.36 bits per heavy atom. The number of ether oxygens (including phenoxy) is 1. The Morgan fingerprint density at radius 2 is 2.05 bits per heavy atom. The molecule has 1 N–H and O–H groups in total. The molecule has 6 heteroatoms. The summed E-state index contributed by atoms with van der Waals surface area (Å²) in [4.78, 5) is 11.8. The molecule has 2 aromatic rings. The summed E-state index contributed by atoms with van der Waals surface area (Å²) in [6, 6.07) is 7.09. The number of nitrogens with one attached hydrogen (secondary N) is 1. The van der Waals surface area contributed by atoms with Crippen LogP contribution in [-0.4, -0.2) is 17.3 Å². The average molecular weight is 323 g/mol. The number of carbonyl (C=O) groups excluding carboxylic acids is 1. The summed E-state index contributed by atoms with van der Waals surface area (Å²) in [7, 11) is 0. The maximum absolute atomic E-state index is 11.8. The van der Waals surface area contributed by atoms with Crippen LogP contribution in [0.5, 0.6) is 0 Å². The lowest BCUT2D eigenvalue weighted by atomic mass is 10.1. The average Bonchev–Trinajstić information content (AvgIpc) is 2.78. The van der Waals surface area contributed by atoms with Gasteiger partial charge in [0.2, 0.25) is 0 Å². The first-order valence-electron chi connectivity index (χ1n) is 7.05. The van der Waals surface area contributed by atoms with Gasteiger partial charge in [-0.2, -0.15) is 0 Å². The van der Waals surface area contributed by atoms with Crippen molar-refractivity contribution in [3.8, 4) is 0 Å². The van der Waals surface area contributed by atoms with Crippen molar-refractivity contribution in [2.75, 3.05) is 0 Å². The van der Waals surface area contributed by atoms with Crippen LogP contribution in [0.1, 0.15) is 29.5 Å². The lowest BCUT2D eigenvalue weighted by molar-refractivity contribution is 0.136. The number of aromatic nitrogens is 1. The minimum absolute atomic E-state index is 0.0745. The lowest BCUT2D eigenvalue weighted by Gasteiger charge is -2.14. The van der Waals surface area contributed by atoms with Gasteiger partial charge in [-0.3, -0.25) is 0 Å². The molecule has 0 bridgehead atoms. The monoisotopic (exact) mass is 322 g/mol. The minimum atomic E-state index is -0.450. The molecule has 1 atom stereocenters. The van der Waals surface area contributed by atoms with Crippen LogP contribution in [0.2, 0.25) is 5.02 Å². The first-order chi connectivity index (χ1) is 10.5. The molecule has 1 amide bonds. The number of halogens is 1. The summed E-state index contributed by atoms with van der Waals surface area (Å²) in [5.41, 5.74) is 2.75. The normalized spacial score (nSPS) is 12.0. The van der Waals surface area contributed by atoms with E-state index in [0.717, 1.165) is 22.6 Å². The van der Waals surface area contributed by atoms with Crippen LogP contribution in [0, 0.1) is 13.8 Å². The third-order valence-electron chi connectivity index (χ3n) is 3.34. The molecule has 1 aromatic heterocycles. The van der Waals surface area contributed by atoms with Crippen LogP contribution in [0.3, 0.4) is 0 Å². The third-order valence-corrected chi connectivity index (χ3v) is 3.59. The Kier molecular flexibility index (Phi) is 5.44. The maximum atomic E-state index is 11.8. The molecule has 1 aromatic carbocycles. The molecule has 2 rings (SSSR count). The summed E-state index contributed by atoms with van der Waals surface area (Å²) < 4.78 is 10.3. The van der Waals surface area contributed by atoms with Gasteiger partial charge >= 0.3 is 6.09 Å². The molecule has 0 aliphatic heterocycles. The van der Waals surface area contributed by atoms with Crippen LogP contribution >= 0.6 is 11.6 Å². The van der Waals surface area contributed by atoms with Crippen molar-refractivity contribution < 1.29 is 14.1 Å². The summed E-state index contributed by atoms with van der Waals surface area (Å²) >= 11 is 5.80. The van der Waals surface area contributed by atoms with Gasteiger partial charge in [0.05, 0.1) is 5.69 Å². The molecule has 0 radical (unpaired) electrons. The fraction of sp³-hybridized carbons (Fsp3) is 0.375. The van der Waals surface area contributed by atoms with E-state index in [2.05, 4.69) is 10.5 Å². The van der Waals surface area contributed by atoms with Crippen molar-refractivity contribution in [1.82, 2.24) is 10.5 Å². The lowest BCUT2D eigenvalue weighted by Crippen LogP contribution is -2.34. The van der Waals surface area contributed by atoms with Crippen LogP contribution < -0.4 is 5.32 Å². The Hall–Kier alpha value is -2.01. The fourth-order valence-corrected chi connectivity index (χ4v) is 2.25. The second-order valence-electron chi connectivity index (χ2n) is 5.25. The van der Waals surface area contributed by atoms with Gasteiger partial charge < -0.3 is 14.6 Å². The maximum Gasteiger partial charge on any atom is 0.407 e. The number of benzene rings is 1. The number of hydrogen-bond donors (Lipinski definition) is 1. The standard InChI is InChI=1S/C16H19ClN2O3/c1-10(8-15-11(2)19-22-12(15)3)18-16(20)21-9-13-4-6-14(17)7-5-13/h4-7,10H,8-9H2,1-3H3,(H,18,20). The molecule has 0 saturated carbocycles. The van der Waals surface area contributed by atoms with Crippen molar-refractivity contribution in [3.05, 3.63) is 51.9 Å². The highest BCUT2D eigenvalue weighted by Gasteiger charge is 2.15. The molecule has 22 heavy (non-hydrogen) atoms. The van der Waals surface area contributed by atoms with E-state index < -0.39 is 6.09 Å². The van der Waals surface area contributed by atoms with E-state index in [4.69, 9.17) is 20.9 Å². The van der Waals surface area contributed by atoms with E-state index in [9.17, 15) is 4.79 Å². The molecule has 0 spiro atoms.